The van der Waals surface area contributed by atoms with Gasteiger partial charge < -0.3 is 15.5 Å². The molecule has 3 rings (SSSR count). The molecule has 1 amide bonds. The van der Waals surface area contributed by atoms with Crippen molar-refractivity contribution in [2.24, 2.45) is 5.92 Å². The first-order valence-electron chi connectivity index (χ1n) is 5.79. The summed E-state index contributed by atoms with van der Waals surface area (Å²) in [4.78, 5) is 11.8. The van der Waals surface area contributed by atoms with E-state index in [1.807, 2.05) is 0 Å². The first kappa shape index (κ1) is 10.2. The number of nitrogens with two attached hydrogens (primary N) is 1. The van der Waals surface area contributed by atoms with E-state index in [4.69, 9.17) is 10.2 Å². The SMILES string of the molecule is Nc1ccc2oc(C(=O)NCC3CC3)cc2c1. The third kappa shape index (κ3) is 2.11. The van der Waals surface area contributed by atoms with Gasteiger partial charge in [0.1, 0.15) is 5.58 Å². The number of fused-ring (bicyclic) bond motifs is 1. The van der Waals surface area contributed by atoms with Crippen LogP contribution in [0.4, 0.5) is 5.69 Å². The molecule has 1 fully saturated rings. The van der Waals surface area contributed by atoms with Crippen molar-refractivity contribution in [3.63, 3.8) is 0 Å². The van der Waals surface area contributed by atoms with Gasteiger partial charge in [-0.3, -0.25) is 4.79 Å². The van der Waals surface area contributed by atoms with Crippen LogP contribution in [0.15, 0.2) is 28.7 Å². The quantitative estimate of drug-likeness (QED) is 0.794. The van der Waals surface area contributed by atoms with Crippen molar-refractivity contribution in [3.8, 4) is 0 Å². The van der Waals surface area contributed by atoms with Crippen LogP contribution >= 0.6 is 0 Å². The van der Waals surface area contributed by atoms with Crippen molar-refractivity contribution in [2.45, 2.75) is 12.8 Å². The maximum absolute atomic E-state index is 11.8. The summed E-state index contributed by atoms with van der Waals surface area (Å²) < 4.78 is 5.47. The van der Waals surface area contributed by atoms with Gasteiger partial charge in [-0.1, -0.05) is 0 Å². The highest BCUT2D eigenvalue weighted by Crippen LogP contribution is 2.28. The zero-order valence-electron chi connectivity index (χ0n) is 9.40. The molecule has 2 aromatic rings. The number of nitrogen functional groups attached to an aromatic ring is 1. The number of hydrogen-bond acceptors (Lipinski definition) is 3. The van der Waals surface area contributed by atoms with Crippen LogP contribution in [0.2, 0.25) is 0 Å². The summed E-state index contributed by atoms with van der Waals surface area (Å²) in [6, 6.07) is 7.07. The number of carbonyl (C=O) groups is 1. The fourth-order valence-corrected chi connectivity index (χ4v) is 1.82. The molecule has 0 atom stereocenters. The molecule has 88 valence electrons. The summed E-state index contributed by atoms with van der Waals surface area (Å²) in [6.45, 7) is 0.748. The summed E-state index contributed by atoms with van der Waals surface area (Å²) in [6.07, 6.45) is 2.44. The van der Waals surface area contributed by atoms with E-state index in [1.165, 1.54) is 12.8 Å². The lowest BCUT2D eigenvalue weighted by Gasteiger charge is -1.99. The van der Waals surface area contributed by atoms with E-state index in [0.29, 0.717) is 22.9 Å². The molecule has 0 spiro atoms. The van der Waals surface area contributed by atoms with Gasteiger partial charge in [-0.05, 0) is 43.0 Å². The van der Waals surface area contributed by atoms with Crippen LogP contribution in [0.3, 0.4) is 0 Å². The molecule has 1 heterocycles. The second-order valence-electron chi connectivity index (χ2n) is 4.56. The second-order valence-corrected chi connectivity index (χ2v) is 4.56. The average molecular weight is 230 g/mol. The van der Waals surface area contributed by atoms with Crippen molar-refractivity contribution in [1.29, 1.82) is 0 Å². The maximum atomic E-state index is 11.8. The van der Waals surface area contributed by atoms with Gasteiger partial charge in [0, 0.05) is 17.6 Å². The fraction of sp³-hybridized carbons (Fsp3) is 0.308. The minimum absolute atomic E-state index is 0.147. The molecule has 3 N–H and O–H groups in total. The Balaban J connectivity index is 1.81. The van der Waals surface area contributed by atoms with E-state index in [1.54, 1.807) is 24.3 Å². The molecule has 0 aliphatic heterocycles. The van der Waals surface area contributed by atoms with Crippen LogP contribution in [-0.4, -0.2) is 12.5 Å². The standard InChI is InChI=1S/C13H14N2O2/c14-10-3-4-11-9(5-10)6-12(17-11)13(16)15-7-8-1-2-8/h3-6,8H,1-2,7,14H2,(H,15,16). The molecule has 1 aromatic heterocycles. The van der Waals surface area contributed by atoms with Crippen molar-refractivity contribution in [2.75, 3.05) is 12.3 Å². The van der Waals surface area contributed by atoms with E-state index < -0.39 is 0 Å². The zero-order chi connectivity index (χ0) is 11.8. The molecule has 1 aliphatic carbocycles. The Morgan fingerprint density at radius 2 is 2.24 bits per heavy atom. The lowest BCUT2D eigenvalue weighted by molar-refractivity contribution is 0.0926. The molecule has 4 nitrogen and oxygen atoms in total. The Bertz CT molecular complexity index is 570. The number of nitrogens with one attached hydrogen (secondary N) is 1. The van der Waals surface area contributed by atoms with E-state index >= 15 is 0 Å². The smallest absolute Gasteiger partial charge is 0.287 e. The topological polar surface area (TPSA) is 68.3 Å². The second kappa shape index (κ2) is 3.80. The largest absolute Gasteiger partial charge is 0.451 e. The van der Waals surface area contributed by atoms with E-state index in [-0.39, 0.29) is 5.91 Å². The predicted molar refractivity (Wildman–Crippen MR) is 65.7 cm³/mol. The van der Waals surface area contributed by atoms with Gasteiger partial charge in [0.25, 0.3) is 5.91 Å². The number of anilines is 1. The van der Waals surface area contributed by atoms with Crippen LogP contribution in [0.1, 0.15) is 23.4 Å². The Morgan fingerprint density at radius 1 is 1.41 bits per heavy atom. The number of rotatable bonds is 3. The van der Waals surface area contributed by atoms with Crippen molar-refractivity contribution in [1.82, 2.24) is 5.32 Å². The Kier molecular flexibility index (Phi) is 2.28. The van der Waals surface area contributed by atoms with Crippen molar-refractivity contribution in [3.05, 3.63) is 30.0 Å². The molecular weight excluding hydrogens is 216 g/mol. The zero-order valence-corrected chi connectivity index (χ0v) is 9.40. The number of carbonyl (C=O) groups excluding carboxylic acids is 1. The molecule has 0 unspecified atom stereocenters. The normalized spacial score (nSPS) is 15.1. The molecule has 1 aliphatic rings. The number of hydrogen-bond donors (Lipinski definition) is 2. The number of amides is 1. The summed E-state index contributed by atoms with van der Waals surface area (Å²) in [5.41, 5.74) is 7.03. The summed E-state index contributed by atoms with van der Waals surface area (Å²) in [7, 11) is 0. The van der Waals surface area contributed by atoms with Gasteiger partial charge in [-0.25, -0.2) is 0 Å². The van der Waals surface area contributed by atoms with E-state index in [9.17, 15) is 4.79 Å². The van der Waals surface area contributed by atoms with Gasteiger partial charge in [0.15, 0.2) is 5.76 Å². The van der Waals surface area contributed by atoms with E-state index in [0.717, 1.165) is 11.9 Å². The van der Waals surface area contributed by atoms with Crippen molar-refractivity contribution < 1.29 is 9.21 Å². The molecule has 17 heavy (non-hydrogen) atoms. The van der Waals surface area contributed by atoms with Gasteiger partial charge in [-0.15, -0.1) is 0 Å². The van der Waals surface area contributed by atoms with E-state index in [2.05, 4.69) is 5.32 Å². The van der Waals surface area contributed by atoms with Crippen LogP contribution in [0.5, 0.6) is 0 Å². The highest BCUT2D eigenvalue weighted by atomic mass is 16.3. The molecule has 1 saturated carbocycles. The number of benzene rings is 1. The van der Waals surface area contributed by atoms with Crippen LogP contribution < -0.4 is 11.1 Å². The van der Waals surface area contributed by atoms with Crippen LogP contribution in [0, 0.1) is 5.92 Å². The molecule has 4 heteroatoms. The minimum Gasteiger partial charge on any atom is -0.451 e. The van der Waals surface area contributed by atoms with Gasteiger partial charge >= 0.3 is 0 Å². The summed E-state index contributed by atoms with van der Waals surface area (Å²) in [5, 5.41) is 3.74. The molecular formula is C13H14N2O2. The Morgan fingerprint density at radius 3 is 3.00 bits per heavy atom. The fourth-order valence-electron chi connectivity index (χ4n) is 1.82. The first-order valence-corrected chi connectivity index (χ1v) is 5.79. The van der Waals surface area contributed by atoms with Gasteiger partial charge in [0.05, 0.1) is 0 Å². The maximum Gasteiger partial charge on any atom is 0.287 e. The van der Waals surface area contributed by atoms with Crippen LogP contribution in [-0.2, 0) is 0 Å². The minimum atomic E-state index is -0.147. The Hall–Kier alpha value is -1.97. The molecule has 0 radical (unpaired) electrons. The lowest BCUT2D eigenvalue weighted by atomic mass is 10.2. The van der Waals surface area contributed by atoms with Gasteiger partial charge in [0.2, 0.25) is 0 Å². The van der Waals surface area contributed by atoms with Crippen LogP contribution in [0.25, 0.3) is 11.0 Å². The van der Waals surface area contributed by atoms with Crippen molar-refractivity contribution >= 4 is 22.6 Å². The average Bonchev–Trinajstić information content (AvgIpc) is 3.04. The first-order chi connectivity index (χ1) is 8.22. The monoisotopic (exact) mass is 230 g/mol. The Labute approximate surface area is 98.8 Å². The lowest BCUT2D eigenvalue weighted by Crippen LogP contribution is -2.24. The molecule has 0 bridgehead atoms. The third-order valence-corrected chi connectivity index (χ3v) is 3.01. The predicted octanol–water partition coefficient (Wildman–Crippen LogP) is 2.15. The molecule has 1 aromatic carbocycles. The summed E-state index contributed by atoms with van der Waals surface area (Å²) in [5.74, 6) is 0.872. The van der Waals surface area contributed by atoms with Gasteiger partial charge in [-0.2, -0.15) is 0 Å². The summed E-state index contributed by atoms with van der Waals surface area (Å²) >= 11 is 0. The number of furan rings is 1. The molecule has 0 saturated heterocycles. The highest BCUT2D eigenvalue weighted by molar-refractivity contribution is 5.96. The third-order valence-electron chi connectivity index (χ3n) is 3.01. The highest BCUT2D eigenvalue weighted by Gasteiger charge is 2.22.